The number of piperidine rings is 1. The van der Waals surface area contributed by atoms with E-state index in [2.05, 4.69) is 20.8 Å². The van der Waals surface area contributed by atoms with E-state index in [-0.39, 0.29) is 6.04 Å². The second-order valence-corrected chi connectivity index (χ2v) is 5.45. The molecule has 0 bridgehead atoms. The normalized spacial score (nSPS) is 20.6. The van der Waals surface area contributed by atoms with Gasteiger partial charge in [0.05, 0.1) is 6.04 Å². The number of halogens is 1. The fourth-order valence-electron chi connectivity index (χ4n) is 2.26. The van der Waals surface area contributed by atoms with Crippen molar-refractivity contribution in [2.24, 2.45) is 0 Å². The predicted octanol–water partition coefficient (Wildman–Crippen LogP) is 2.88. The summed E-state index contributed by atoms with van der Waals surface area (Å²) in [5.41, 5.74) is 0. The van der Waals surface area contributed by atoms with Crippen molar-refractivity contribution >= 4 is 22.2 Å². The first-order chi connectivity index (χ1) is 8.79. The van der Waals surface area contributed by atoms with Crippen molar-refractivity contribution in [1.82, 2.24) is 4.90 Å². The highest BCUT2D eigenvalue weighted by molar-refractivity contribution is 9.10. The van der Waals surface area contributed by atoms with Gasteiger partial charge < -0.3 is 9.53 Å². The van der Waals surface area contributed by atoms with Gasteiger partial charge in [-0.25, -0.2) is 0 Å². The standard InChI is InChI=1S/C14H18BrNO2/c15-12-4-6-14(7-5-12)18-10-9-16-8-2-1-3-13(16)11-17/h4-7,11,13H,1-3,8-10H2. The molecule has 1 aliphatic rings. The van der Waals surface area contributed by atoms with E-state index in [1.165, 1.54) is 6.42 Å². The van der Waals surface area contributed by atoms with Gasteiger partial charge in [-0.1, -0.05) is 22.4 Å². The van der Waals surface area contributed by atoms with Crippen molar-refractivity contribution in [2.75, 3.05) is 19.7 Å². The van der Waals surface area contributed by atoms with Crippen molar-refractivity contribution in [3.63, 3.8) is 0 Å². The fraction of sp³-hybridized carbons (Fsp3) is 0.500. The van der Waals surface area contributed by atoms with Gasteiger partial charge in [-0.3, -0.25) is 4.90 Å². The largest absolute Gasteiger partial charge is 0.492 e. The fourth-order valence-corrected chi connectivity index (χ4v) is 2.52. The molecule has 1 unspecified atom stereocenters. The Morgan fingerprint density at radius 3 is 2.83 bits per heavy atom. The average molecular weight is 312 g/mol. The topological polar surface area (TPSA) is 29.5 Å². The molecule has 0 spiro atoms. The van der Waals surface area contributed by atoms with E-state index in [1.807, 2.05) is 24.3 Å². The summed E-state index contributed by atoms with van der Waals surface area (Å²) in [4.78, 5) is 13.2. The van der Waals surface area contributed by atoms with Crippen molar-refractivity contribution in [3.05, 3.63) is 28.7 Å². The molecule has 0 aromatic heterocycles. The number of hydrogen-bond donors (Lipinski definition) is 0. The lowest BCUT2D eigenvalue weighted by Crippen LogP contribution is -2.42. The third-order valence-corrected chi connectivity index (χ3v) is 3.81. The van der Waals surface area contributed by atoms with Crippen LogP contribution in [0.3, 0.4) is 0 Å². The van der Waals surface area contributed by atoms with Crippen molar-refractivity contribution in [3.8, 4) is 5.75 Å². The van der Waals surface area contributed by atoms with Gasteiger partial charge in [0.2, 0.25) is 0 Å². The number of carbonyl (C=O) groups is 1. The van der Waals surface area contributed by atoms with Crippen LogP contribution in [0.25, 0.3) is 0 Å². The average Bonchev–Trinajstić information content (AvgIpc) is 2.41. The van der Waals surface area contributed by atoms with Crippen LogP contribution >= 0.6 is 15.9 Å². The van der Waals surface area contributed by atoms with Crippen LogP contribution in [0.15, 0.2) is 28.7 Å². The second kappa shape index (κ2) is 6.90. The van der Waals surface area contributed by atoms with Crippen LogP contribution < -0.4 is 4.74 Å². The number of ether oxygens (including phenoxy) is 1. The van der Waals surface area contributed by atoms with Crippen LogP contribution in [0.5, 0.6) is 5.75 Å². The Kier molecular flexibility index (Phi) is 5.20. The lowest BCUT2D eigenvalue weighted by atomic mass is 10.0. The van der Waals surface area contributed by atoms with Crippen LogP contribution in [0.1, 0.15) is 19.3 Å². The molecule has 1 aromatic rings. The summed E-state index contributed by atoms with van der Waals surface area (Å²) < 4.78 is 6.73. The summed E-state index contributed by atoms with van der Waals surface area (Å²) in [5, 5.41) is 0. The maximum atomic E-state index is 11.0. The van der Waals surface area contributed by atoms with E-state index in [4.69, 9.17) is 4.74 Å². The van der Waals surface area contributed by atoms with E-state index < -0.39 is 0 Å². The maximum Gasteiger partial charge on any atom is 0.137 e. The monoisotopic (exact) mass is 311 g/mol. The number of hydrogen-bond acceptors (Lipinski definition) is 3. The molecule has 18 heavy (non-hydrogen) atoms. The maximum absolute atomic E-state index is 11.0. The summed E-state index contributed by atoms with van der Waals surface area (Å²) >= 11 is 3.39. The molecule has 0 N–H and O–H groups in total. The predicted molar refractivity (Wildman–Crippen MR) is 74.9 cm³/mol. The Balaban J connectivity index is 1.77. The van der Waals surface area contributed by atoms with E-state index >= 15 is 0 Å². The Hall–Kier alpha value is -0.870. The van der Waals surface area contributed by atoms with Crippen LogP contribution in [0.2, 0.25) is 0 Å². The lowest BCUT2D eigenvalue weighted by molar-refractivity contribution is -0.113. The number of nitrogens with zero attached hydrogens (tertiary/aromatic N) is 1. The molecule has 1 atom stereocenters. The zero-order valence-corrected chi connectivity index (χ0v) is 11.9. The highest BCUT2D eigenvalue weighted by Crippen LogP contribution is 2.17. The molecule has 1 aliphatic heterocycles. The summed E-state index contributed by atoms with van der Waals surface area (Å²) in [7, 11) is 0. The van der Waals surface area contributed by atoms with E-state index in [1.54, 1.807) is 0 Å². The molecule has 3 nitrogen and oxygen atoms in total. The van der Waals surface area contributed by atoms with Crippen LogP contribution in [0.4, 0.5) is 0 Å². The second-order valence-electron chi connectivity index (χ2n) is 4.54. The number of rotatable bonds is 5. The lowest BCUT2D eigenvalue weighted by Gasteiger charge is -2.31. The van der Waals surface area contributed by atoms with E-state index in [0.29, 0.717) is 6.61 Å². The molecule has 0 saturated carbocycles. The smallest absolute Gasteiger partial charge is 0.137 e. The first kappa shape index (κ1) is 13.6. The zero-order chi connectivity index (χ0) is 12.8. The summed E-state index contributed by atoms with van der Waals surface area (Å²) in [6.45, 7) is 2.46. The molecule has 4 heteroatoms. The van der Waals surface area contributed by atoms with E-state index in [9.17, 15) is 4.79 Å². The van der Waals surface area contributed by atoms with Crippen LogP contribution in [-0.4, -0.2) is 36.9 Å². The minimum atomic E-state index is 0.0901. The molecule has 2 rings (SSSR count). The van der Waals surface area contributed by atoms with Gasteiger partial charge in [0.15, 0.2) is 0 Å². The highest BCUT2D eigenvalue weighted by Gasteiger charge is 2.21. The van der Waals surface area contributed by atoms with Gasteiger partial charge in [0.1, 0.15) is 18.6 Å². The quantitative estimate of drug-likeness (QED) is 0.783. The SMILES string of the molecule is O=CC1CCCCN1CCOc1ccc(Br)cc1. The third-order valence-electron chi connectivity index (χ3n) is 3.28. The summed E-state index contributed by atoms with van der Waals surface area (Å²) in [6, 6.07) is 7.90. The summed E-state index contributed by atoms with van der Waals surface area (Å²) in [5.74, 6) is 0.873. The number of benzene rings is 1. The summed E-state index contributed by atoms with van der Waals surface area (Å²) in [6.07, 6.45) is 4.40. The van der Waals surface area contributed by atoms with Gasteiger partial charge in [0, 0.05) is 11.0 Å². The first-order valence-corrected chi connectivity index (χ1v) is 7.16. The minimum absolute atomic E-state index is 0.0901. The molecular weight excluding hydrogens is 294 g/mol. The van der Waals surface area contributed by atoms with Crippen LogP contribution in [-0.2, 0) is 4.79 Å². The highest BCUT2D eigenvalue weighted by atomic mass is 79.9. The number of aldehydes is 1. The van der Waals surface area contributed by atoms with Gasteiger partial charge in [0.25, 0.3) is 0 Å². The molecule has 1 fully saturated rings. The van der Waals surface area contributed by atoms with Gasteiger partial charge in [-0.2, -0.15) is 0 Å². The number of carbonyl (C=O) groups excluding carboxylic acids is 1. The Labute approximate surface area is 116 Å². The Morgan fingerprint density at radius 2 is 2.11 bits per heavy atom. The molecule has 0 aliphatic carbocycles. The molecule has 1 aromatic carbocycles. The van der Waals surface area contributed by atoms with Crippen molar-refractivity contribution < 1.29 is 9.53 Å². The molecule has 1 heterocycles. The van der Waals surface area contributed by atoms with Gasteiger partial charge >= 0.3 is 0 Å². The molecular formula is C14H18BrNO2. The van der Waals surface area contributed by atoms with Crippen molar-refractivity contribution in [2.45, 2.75) is 25.3 Å². The van der Waals surface area contributed by atoms with Crippen molar-refractivity contribution in [1.29, 1.82) is 0 Å². The van der Waals surface area contributed by atoms with Crippen LogP contribution in [0, 0.1) is 0 Å². The molecule has 0 radical (unpaired) electrons. The Morgan fingerprint density at radius 1 is 1.33 bits per heavy atom. The van der Waals surface area contributed by atoms with Gasteiger partial charge in [-0.05, 0) is 43.7 Å². The Bertz CT molecular complexity index is 380. The molecule has 98 valence electrons. The number of likely N-dealkylation sites (tertiary alicyclic amines) is 1. The molecule has 0 amide bonds. The molecule has 1 saturated heterocycles. The van der Waals surface area contributed by atoms with E-state index in [0.717, 1.165) is 42.4 Å². The zero-order valence-electron chi connectivity index (χ0n) is 10.3. The minimum Gasteiger partial charge on any atom is -0.492 e. The third kappa shape index (κ3) is 3.82. The van der Waals surface area contributed by atoms with Gasteiger partial charge in [-0.15, -0.1) is 0 Å². The first-order valence-electron chi connectivity index (χ1n) is 6.37.